The molecule has 2 aliphatic heterocycles. The van der Waals surface area contributed by atoms with Crippen molar-refractivity contribution < 1.29 is 9.21 Å². The van der Waals surface area contributed by atoms with Crippen molar-refractivity contribution in [2.75, 3.05) is 58.9 Å². The van der Waals surface area contributed by atoms with Crippen molar-refractivity contribution in [2.45, 2.75) is 33.1 Å². The SMILES string of the molecule is CC(C)CN=C(NCCc1ccco1)N1CCN(CC(=O)N2CCCC2)CC1. The molecule has 0 aromatic carbocycles. The van der Waals surface area contributed by atoms with E-state index >= 15 is 0 Å². The Morgan fingerprint density at radius 1 is 1.14 bits per heavy atom. The first-order valence-electron chi connectivity index (χ1n) is 10.7. The fourth-order valence-corrected chi connectivity index (χ4v) is 3.66. The van der Waals surface area contributed by atoms with Crippen molar-refractivity contribution in [1.82, 2.24) is 20.0 Å². The largest absolute Gasteiger partial charge is 0.469 e. The Morgan fingerprint density at radius 2 is 1.89 bits per heavy atom. The van der Waals surface area contributed by atoms with Crippen molar-refractivity contribution in [3.63, 3.8) is 0 Å². The van der Waals surface area contributed by atoms with Crippen LogP contribution in [-0.2, 0) is 11.2 Å². The number of likely N-dealkylation sites (tertiary alicyclic amines) is 1. The first kappa shape index (κ1) is 20.7. The Labute approximate surface area is 168 Å². The van der Waals surface area contributed by atoms with Crippen LogP contribution in [-0.4, -0.2) is 85.5 Å². The van der Waals surface area contributed by atoms with Gasteiger partial charge in [-0.25, -0.2) is 0 Å². The molecule has 0 aliphatic carbocycles. The number of hydrogen-bond donors (Lipinski definition) is 1. The summed E-state index contributed by atoms with van der Waals surface area (Å²) in [4.78, 5) is 23.8. The summed E-state index contributed by atoms with van der Waals surface area (Å²) in [6.07, 6.45) is 4.86. The van der Waals surface area contributed by atoms with Crippen molar-refractivity contribution in [2.24, 2.45) is 10.9 Å². The van der Waals surface area contributed by atoms with Crippen molar-refractivity contribution in [3.05, 3.63) is 24.2 Å². The average molecular weight is 390 g/mol. The molecule has 7 nitrogen and oxygen atoms in total. The van der Waals surface area contributed by atoms with E-state index in [0.29, 0.717) is 12.5 Å². The quantitative estimate of drug-likeness (QED) is 0.568. The summed E-state index contributed by atoms with van der Waals surface area (Å²) >= 11 is 0. The van der Waals surface area contributed by atoms with Crippen molar-refractivity contribution in [1.29, 1.82) is 0 Å². The zero-order chi connectivity index (χ0) is 19.8. The Balaban J connectivity index is 1.47. The van der Waals surface area contributed by atoms with E-state index in [9.17, 15) is 4.79 Å². The monoisotopic (exact) mass is 389 g/mol. The molecule has 1 aromatic rings. The van der Waals surface area contributed by atoms with Crippen molar-refractivity contribution in [3.8, 4) is 0 Å². The van der Waals surface area contributed by atoms with Crippen LogP contribution >= 0.6 is 0 Å². The van der Waals surface area contributed by atoms with E-state index in [0.717, 1.165) is 83.3 Å². The lowest BCUT2D eigenvalue weighted by atomic mass is 10.2. The van der Waals surface area contributed by atoms with Gasteiger partial charge in [-0.3, -0.25) is 14.7 Å². The van der Waals surface area contributed by atoms with Gasteiger partial charge >= 0.3 is 0 Å². The number of carbonyl (C=O) groups is 1. The average Bonchev–Trinajstić information content (AvgIpc) is 3.39. The van der Waals surface area contributed by atoms with E-state index in [2.05, 4.69) is 29.0 Å². The van der Waals surface area contributed by atoms with E-state index < -0.39 is 0 Å². The predicted molar refractivity (Wildman–Crippen MR) is 111 cm³/mol. The molecule has 7 heteroatoms. The minimum Gasteiger partial charge on any atom is -0.469 e. The Bertz CT molecular complexity index is 615. The van der Waals surface area contributed by atoms with Crippen LogP contribution in [0.1, 0.15) is 32.4 Å². The number of amides is 1. The zero-order valence-corrected chi connectivity index (χ0v) is 17.4. The lowest BCUT2D eigenvalue weighted by molar-refractivity contribution is -0.131. The summed E-state index contributed by atoms with van der Waals surface area (Å²) in [7, 11) is 0. The molecule has 3 heterocycles. The van der Waals surface area contributed by atoms with Gasteiger partial charge in [0.1, 0.15) is 5.76 Å². The van der Waals surface area contributed by atoms with Gasteiger partial charge in [0.15, 0.2) is 5.96 Å². The number of hydrogen-bond acceptors (Lipinski definition) is 4. The van der Waals surface area contributed by atoms with E-state index in [1.807, 2.05) is 17.0 Å². The van der Waals surface area contributed by atoms with E-state index in [1.54, 1.807) is 6.26 Å². The first-order valence-corrected chi connectivity index (χ1v) is 10.7. The van der Waals surface area contributed by atoms with Crippen LogP contribution < -0.4 is 5.32 Å². The summed E-state index contributed by atoms with van der Waals surface area (Å²) in [5, 5.41) is 3.51. The van der Waals surface area contributed by atoms with Gasteiger partial charge < -0.3 is 19.5 Å². The molecule has 28 heavy (non-hydrogen) atoms. The number of nitrogens with one attached hydrogen (secondary N) is 1. The number of carbonyl (C=O) groups excluding carboxylic acids is 1. The Hall–Kier alpha value is -2.02. The summed E-state index contributed by atoms with van der Waals surface area (Å²) < 4.78 is 5.42. The van der Waals surface area contributed by atoms with Gasteiger partial charge in [-0.1, -0.05) is 13.8 Å². The smallest absolute Gasteiger partial charge is 0.236 e. The fourth-order valence-electron chi connectivity index (χ4n) is 3.66. The number of rotatable bonds is 7. The molecular formula is C21H35N5O2. The van der Waals surface area contributed by atoms with Crippen LogP contribution in [0.25, 0.3) is 0 Å². The molecule has 3 rings (SSSR count). The maximum absolute atomic E-state index is 12.4. The van der Waals surface area contributed by atoms with Crippen LogP contribution in [0, 0.1) is 5.92 Å². The van der Waals surface area contributed by atoms with Crippen LogP contribution in [0.5, 0.6) is 0 Å². The molecular weight excluding hydrogens is 354 g/mol. The molecule has 0 saturated carbocycles. The summed E-state index contributed by atoms with van der Waals surface area (Å²) in [6, 6.07) is 3.93. The highest BCUT2D eigenvalue weighted by Crippen LogP contribution is 2.10. The highest BCUT2D eigenvalue weighted by atomic mass is 16.3. The number of aliphatic imine (C=N–C) groups is 1. The minimum atomic E-state index is 0.288. The van der Waals surface area contributed by atoms with Gasteiger partial charge in [0.25, 0.3) is 0 Å². The van der Waals surface area contributed by atoms with Crippen LogP contribution in [0.15, 0.2) is 27.8 Å². The molecule has 1 N–H and O–H groups in total. The fraction of sp³-hybridized carbons (Fsp3) is 0.714. The predicted octanol–water partition coefficient (Wildman–Crippen LogP) is 1.66. The normalized spacial score (nSPS) is 18.9. The van der Waals surface area contributed by atoms with Gasteiger partial charge in [0.05, 0.1) is 12.8 Å². The van der Waals surface area contributed by atoms with E-state index in [4.69, 9.17) is 9.41 Å². The summed E-state index contributed by atoms with van der Waals surface area (Å²) in [6.45, 7) is 12.0. The second kappa shape index (κ2) is 10.5. The second-order valence-corrected chi connectivity index (χ2v) is 8.17. The van der Waals surface area contributed by atoms with E-state index in [-0.39, 0.29) is 5.91 Å². The first-order chi connectivity index (χ1) is 13.6. The lowest BCUT2D eigenvalue weighted by Gasteiger charge is -2.36. The summed E-state index contributed by atoms with van der Waals surface area (Å²) in [5.74, 6) is 2.78. The Morgan fingerprint density at radius 3 is 2.54 bits per heavy atom. The molecule has 2 fully saturated rings. The third kappa shape index (κ3) is 6.26. The van der Waals surface area contributed by atoms with Crippen molar-refractivity contribution >= 4 is 11.9 Å². The molecule has 2 saturated heterocycles. The highest BCUT2D eigenvalue weighted by Gasteiger charge is 2.24. The zero-order valence-electron chi connectivity index (χ0n) is 17.4. The van der Waals surface area contributed by atoms with Gasteiger partial charge in [-0.2, -0.15) is 0 Å². The van der Waals surface area contributed by atoms with Crippen LogP contribution in [0.2, 0.25) is 0 Å². The molecule has 0 atom stereocenters. The number of furan rings is 1. The molecule has 156 valence electrons. The number of piperazine rings is 1. The van der Waals surface area contributed by atoms with Gasteiger partial charge in [0.2, 0.25) is 5.91 Å². The molecule has 0 bridgehead atoms. The molecule has 1 amide bonds. The second-order valence-electron chi connectivity index (χ2n) is 8.17. The molecule has 1 aromatic heterocycles. The molecule has 0 unspecified atom stereocenters. The van der Waals surface area contributed by atoms with Gasteiger partial charge in [-0.15, -0.1) is 0 Å². The van der Waals surface area contributed by atoms with Gasteiger partial charge in [-0.05, 0) is 30.9 Å². The van der Waals surface area contributed by atoms with Gasteiger partial charge in [0, 0.05) is 58.8 Å². The topological polar surface area (TPSA) is 64.3 Å². The summed E-state index contributed by atoms with van der Waals surface area (Å²) in [5.41, 5.74) is 0. The lowest BCUT2D eigenvalue weighted by Crippen LogP contribution is -2.54. The standard InChI is InChI=1S/C21H35N5O2/c1-18(2)16-23-21(22-8-7-19-6-5-15-28-19)26-13-11-24(12-14-26)17-20(27)25-9-3-4-10-25/h5-6,15,18H,3-4,7-14,16-17H2,1-2H3,(H,22,23). The van der Waals surface area contributed by atoms with Crippen LogP contribution in [0.3, 0.4) is 0 Å². The third-order valence-electron chi connectivity index (χ3n) is 5.33. The maximum atomic E-state index is 12.4. The molecule has 0 radical (unpaired) electrons. The number of guanidine groups is 1. The maximum Gasteiger partial charge on any atom is 0.236 e. The number of nitrogens with zero attached hydrogens (tertiary/aromatic N) is 4. The Kier molecular flexibility index (Phi) is 7.77. The minimum absolute atomic E-state index is 0.288. The highest BCUT2D eigenvalue weighted by molar-refractivity contribution is 5.80. The van der Waals surface area contributed by atoms with Crippen LogP contribution in [0.4, 0.5) is 0 Å². The molecule has 0 spiro atoms. The molecule has 2 aliphatic rings. The third-order valence-corrected chi connectivity index (χ3v) is 5.33. The van der Waals surface area contributed by atoms with E-state index in [1.165, 1.54) is 0 Å².